The molecule has 0 bridgehead atoms. The Labute approximate surface area is 111 Å². The first-order chi connectivity index (χ1) is 8.72. The third-order valence-electron chi connectivity index (χ3n) is 2.91. The normalized spacial score (nSPS) is 10.9. The highest BCUT2D eigenvalue weighted by Gasteiger charge is 2.14. The summed E-state index contributed by atoms with van der Waals surface area (Å²) in [6, 6.07) is 8.42. The molecule has 0 saturated heterocycles. The lowest BCUT2D eigenvalue weighted by molar-refractivity contribution is -0.129. The maximum absolute atomic E-state index is 5.61. The van der Waals surface area contributed by atoms with Gasteiger partial charge in [-0.15, -0.1) is 0 Å². The maximum atomic E-state index is 5.61. The van der Waals surface area contributed by atoms with Crippen LogP contribution >= 0.6 is 0 Å². The molecule has 0 aliphatic rings. The largest absolute Gasteiger partial charge is 0.367 e. The van der Waals surface area contributed by atoms with Crippen molar-refractivity contribution in [3.8, 4) is 0 Å². The molecule has 0 heterocycles. The molecule has 3 nitrogen and oxygen atoms in total. The van der Waals surface area contributed by atoms with Crippen LogP contribution in [0, 0.1) is 6.92 Å². The van der Waals surface area contributed by atoms with Gasteiger partial charge < -0.3 is 14.4 Å². The van der Waals surface area contributed by atoms with Crippen LogP contribution in [0.3, 0.4) is 0 Å². The van der Waals surface area contributed by atoms with Gasteiger partial charge in [-0.05, 0) is 39.3 Å². The van der Waals surface area contributed by atoms with Crippen molar-refractivity contribution in [3.05, 3.63) is 29.8 Å². The van der Waals surface area contributed by atoms with Crippen molar-refractivity contribution in [1.82, 2.24) is 0 Å². The fourth-order valence-electron chi connectivity index (χ4n) is 2.02. The predicted molar refractivity (Wildman–Crippen MR) is 76.1 cm³/mol. The van der Waals surface area contributed by atoms with Crippen LogP contribution in [-0.2, 0) is 9.47 Å². The SMILES string of the molecule is CCOC(CN(CC)c1ccccc1C)OCC. The summed E-state index contributed by atoms with van der Waals surface area (Å²) in [4.78, 5) is 2.30. The second kappa shape index (κ2) is 8.11. The number of rotatable bonds is 8. The van der Waals surface area contributed by atoms with Crippen LogP contribution in [0.15, 0.2) is 24.3 Å². The van der Waals surface area contributed by atoms with Crippen molar-refractivity contribution in [2.75, 3.05) is 31.2 Å². The molecule has 102 valence electrons. The molecular weight excluding hydrogens is 226 g/mol. The molecule has 0 radical (unpaired) electrons. The molecule has 3 heteroatoms. The van der Waals surface area contributed by atoms with Crippen molar-refractivity contribution < 1.29 is 9.47 Å². The summed E-state index contributed by atoms with van der Waals surface area (Å²) < 4.78 is 11.2. The second-order valence-electron chi connectivity index (χ2n) is 4.17. The van der Waals surface area contributed by atoms with Gasteiger partial charge in [0.25, 0.3) is 0 Å². The van der Waals surface area contributed by atoms with Crippen molar-refractivity contribution in [3.63, 3.8) is 0 Å². The molecule has 0 aliphatic heterocycles. The Morgan fingerprint density at radius 3 is 2.17 bits per heavy atom. The standard InChI is InChI=1S/C15H25NO2/c1-5-16(12-15(17-6-2)18-7-3)14-11-9-8-10-13(14)4/h8-11,15H,5-7,12H2,1-4H3. The van der Waals surface area contributed by atoms with Crippen molar-refractivity contribution >= 4 is 5.69 Å². The van der Waals surface area contributed by atoms with Crippen molar-refractivity contribution in [2.45, 2.75) is 34.0 Å². The van der Waals surface area contributed by atoms with E-state index < -0.39 is 0 Å². The van der Waals surface area contributed by atoms with Crippen LogP contribution in [0.4, 0.5) is 5.69 Å². The van der Waals surface area contributed by atoms with E-state index in [0.717, 1.165) is 13.1 Å². The van der Waals surface area contributed by atoms with Crippen molar-refractivity contribution in [2.24, 2.45) is 0 Å². The predicted octanol–water partition coefficient (Wildman–Crippen LogP) is 3.22. The van der Waals surface area contributed by atoms with Gasteiger partial charge in [-0.3, -0.25) is 0 Å². The molecule has 0 fully saturated rings. The number of ether oxygens (including phenoxy) is 2. The number of para-hydroxylation sites is 1. The fraction of sp³-hybridized carbons (Fsp3) is 0.600. The zero-order valence-corrected chi connectivity index (χ0v) is 12.0. The zero-order valence-electron chi connectivity index (χ0n) is 12.0. The number of nitrogens with zero attached hydrogens (tertiary/aromatic N) is 1. The Hall–Kier alpha value is -1.06. The smallest absolute Gasteiger partial charge is 0.174 e. The Kier molecular flexibility index (Phi) is 6.76. The number of anilines is 1. The third-order valence-corrected chi connectivity index (χ3v) is 2.91. The lowest BCUT2D eigenvalue weighted by atomic mass is 10.2. The number of aryl methyl sites for hydroxylation is 1. The Bertz CT molecular complexity index is 335. The van der Waals surface area contributed by atoms with Gasteiger partial charge in [0.15, 0.2) is 6.29 Å². The van der Waals surface area contributed by atoms with E-state index in [4.69, 9.17) is 9.47 Å². The number of hydrogen-bond acceptors (Lipinski definition) is 3. The number of likely N-dealkylation sites (N-methyl/N-ethyl adjacent to an activating group) is 1. The molecule has 18 heavy (non-hydrogen) atoms. The molecule has 1 rings (SSSR count). The lowest BCUT2D eigenvalue weighted by Crippen LogP contribution is -2.36. The summed E-state index contributed by atoms with van der Waals surface area (Å²) in [5.41, 5.74) is 2.54. The molecule has 0 spiro atoms. The van der Waals surface area contributed by atoms with Crippen LogP contribution in [-0.4, -0.2) is 32.6 Å². The highest BCUT2D eigenvalue weighted by Crippen LogP contribution is 2.19. The third kappa shape index (κ3) is 4.31. The second-order valence-corrected chi connectivity index (χ2v) is 4.17. The molecule has 0 saturated carbocycles. The van der Waals surface area contributed by atoms with Gasteiger partial charge in [-0.25, -0.2) is 0 Å². The lowest BCUT2D eigenvalue weighted by Gasteiger charge is -2.29. The number of hydrogen-bond donors (Lipinski definition) is 0. The summed E-state index contributed by atoms with van der Waals surface area (Å²) in [5, 5.41) is 0. The number of benzene rings is 1. The molecule has 0 aromatic heterocycles. The van der Waals surface area contributed by atoms with E-state index in [1.807, 2.05) is 13.8 Å². The average Bonchev–Trinajstić information content (AvgIpc) is 2.37. The summed E-state index contributed by atoms with van der Waals surface area (Å²) in [6.07, 6.45) is -0.153. The molecule has 0 N–H and O–H groups in total. The average molecular weight is 251 g/mol. The first-order valence-corrected chi connectivity index (χ1v) is 6.76. The van der Waals surface area contributed by atoms with Crippen LogP contribution in [0.2, 0.25) is 0 Å². The van der Waals surface area contributed by atoms with Crippen LogP contribution in [0.1, 0.15) is 26.3 Å². The summed E-state index contributed by atoms with van der Waals surface area (Å²) in [6.45, 7) is 11.3. The molecule has 1 aromatic carbocycles. The molecule has 0 amide bonds. The quantitative estimate of drug-likeness (QED) is 0.662. The van der Waals surface area contributed by atoms with Crippen LogP contribution < -0.4 is 4.90 Å². The van der Waals surface area contributed by atoms with Crippen molar-refractivity contribution in [1.29, 1.82) is 0 Å². The summed E-state index contributed by atoms with van der Waals surface area (Å²) in [5.74, 6) is 0. The van der Waals surface area contributed by atoms with Gasteiger partial charge in [0.05, 0.1) is 6.54 Å². The van der Waals surface area contributed by atoms with Crippen LogP contribution in [0.5, 0.6) is 0 Å². The van der Waals surface area contributed by atoms with E-state index in [1.54, 1.807) is 0 Å². The van der Waals surface area contributed by atoms with Gasteiger partial charge in [-0.2, -0.15) is 0 Å². The van der Waals surface area contributed by atoms with Crippen LogP contribution in [0.25, 0.3) is 0 Å². The summed E-state index contributed by atoms with van der Waals surface area (Å²) >= 11 is 0. The molecular formula is C15H25NO2. The first-order valence-electron chi connectivity index (χ1n) is 6.76. The Balaban J connectivity index is 2.73. The summed E-state index contributed by atoms with van der Waals surface area (Å²) in [7, 11) is 0. The minimum atomic E-state index is -0.153. The zero-order chi connectivity index (χ0) is 13.4. The highest BCUT2D eigenvalue weighted by molar-refractivity contribution is 5.52. The fourth-order valence-corrected chi connectivity index (χ4v) is 2.02. The van der Waals surface area contributed by atoms with Gasteiger partial charge >= 0.3 is 0 Å². The minimum Gasteiger partial charge on any atom is -0.367 e. The van der Waals surface area contributed by atoms with E-state index in [-0.39, 0.29) is 6.29 Å². The highest BCUT2D eigenvalue weighted by atomic mass is 16.7. The molecule has 0 atom stereocenters. The van der Waals surface area contributed by atoms with Gasteiger partial charge in [-0.1, -0.05) is 18.2 Å². The molecule has 0 aliphatic carbocycles. The van der Waals surface area contributed by atoms with Gasteiger partial charge in [0.1, 0.15) is 0 Å². The maximum Gasteiger partial charge on any atom is 0.174 e. The molecule has 1 aromatic rings. The minimum absolute atomic E-state index is 0.153. The van der Waals surface area contributed by atoms with E-state index in [2.05, 4.69) is 43.0 Å². The Morgan fingerprint density at radius 2 is 1.67 bits per heavy atom. The van der Waals surface area contributed by atoms with E-state index in [0.29, 0.717) is 13.2 Å². The monoisotopic (exact) mass is 251 g/mol. The van der Waals surface area contributed by atoms with E-state index in [1.165, 1.54) is 11.3 Å². The van der Waals surface area contributed by atoms with E-state index in [9.17, 15) is 0 Å². The topological polar surface area (TPSA) is 21.7 Å². The van der Waals surface area contributed by atoms with Gasteiger partial charge in [0.2, 0.25) is 0 Å². The Morgan fingerprint density at radius 1 is 1.06 bits per heavy atom. The van der Waals surface area contributed by atoms with E-state index >= 15 is 0 Å². The molecule has 0 unspecified atom stereocenters. The van der Waals surface area contributed by atoms with Gasteiger partial charge in [0, 0.05) is 25.4 Å². The first kappa shape index (κ1) is 15.0.